The molecule has 74 valence electrons. The van der Waals surface area contributed by atoms with Crippen LogP contribution in [0.5, 0.6) is 0 Å². The van der Waals surface area contributed by atoms with Crippen LogP contribution >= 0.6 is 0 Å². The fourth-order valence-electron chi connectivity index (χ4n) is 1.06. The lowest BCUT2D eigenvalue weighted by Crippen LogP contribution is -1.91. The van der Waals surface area contributed by atoms with Gasteiger partial charge in [0.2, 0.25) is 0 Å². The summed E-state index contributed by atoms with van der Waals surface area (Å²) < 4.78 is 18.0. The van der Waals surface area contributed by atoms with Gasteiger partial charge in [0, 0.05) is 7.11 Å². The number of hydrogen-bond donors (Lipinski definition) is 1. The smallest absolute Gasteiger partial charge is 0.138 e. The predicted molar refractivity (Wildman–Crippen MR) is 51.1 cm³/mol. The Kier molecular flexibility index (Phi) is 4.11. The maximum atomic E-state index is 13.1. The minimum atomic E-state index is -0.384. The van der Waals surface area contributed by atoms with E-state index in [0.29, 0.717) is 6.61 Å². The lowest BCUT2D eigenvalue weighted by atomic mass is 10.1. The molecule has 0 heterocycles. The van der Waals surface area contributed by atoms with Crippen molar-refractivity contribution in [3.8, 4) is 11.8 Å². The number of aliphatic hydroxyl groups excluding tert-OH is 1. The monoisotopic (exact) mass is 194 g/mol. The standard InChI is InChI=1S/C11H11FO2/c1-14-8-9-4-5-11(12)10(7-9)3-2-6-13/h4-5,7,13H,6,8H2,1H3. The molecule has 0 bridgehead atoms. The minimum absolute atomic E-state index is 0.270. The SMILES string of the molecule is COCc1ccc(F)c(C#CCO)c1. The van der Waals surface area contributed by atoms with Gasteiger partial charge in [0.25, 0.3) is 0 Å². The number of methoxy groups -OCH3 is 1. The fourth-order valence-corrected chi connectivity index (χ4v) is 1.06. The summed E-state index contributed by atoms with van der Waals surface area (Å²) in [6.07, 6.45) is 0. The van der Waals surface area contributed by atoms with Crippen LogP contribution in [0.2, 0.25) is 0 Å². The summed E-state index contributed by atoms with van der Waals surface area (Å²) in [6, 6.07) is 4.60. The van der Waals surface area contributed by atoms with E-state index in [9.17, 15) is 4.39 Å². The predicted octanol–water partition coefficient (Wildman–Crippen LogP) is 1.32. The minimum Gasteiger partial charge on any atom is -0.384 e. The quantitative estimate of drug-likeness (QED) is 0.719. The molecule has 0 saturated carbocycles. The van der Waals surface area contributed by atoms with Crippen molar-refractivity contribution in [3.05, 3.63) is 35.1 Å². The van der Waals surface area contributed by atoms with Gasteiger partial charge in [0.15, 0.2) is 0 Å². The molecule has 0 unspecified atom stereocenters. The Bertz CT molecular complexity index is 363. The van der Waals surface area contributed by atoms with Gasteiger partial charge in [-0.25, -0.2) is 4.39 Å². The molecule has 0 aromatic heterocycles. The van der Waals surface area contributed by atoms with Crippen LogP contribution in [0.4, 0.5) is 4.39 Å². The summed E-state index contributed by atoms with van der Waals surface area (Å²) in [5.74, 6) is 4.55. The first-order valence-corrected chi connectivity index (χ1v) is 4.15. The molecule has 2 nitrogen and oxygen atoms in total. The van der Waals surface area contributed by atoms with Gasteiger partial charge in [-0.2, -0.15) is 0 Å². The van der Waals surface area contributed by atoms with Gasteiger partial charge in [0.05, 0.1) is 12.2 Å². The maximum absolute atomic E-state index is 13.1. The van der Waals surface area contributed by atoms with Gasteiger partial charge in [-0.05, 0) is 17.7 Å². The number of rotatable bonds is 2. The van der Waals surface area contributed by atoms with Crippen LogP contribution in [0.1, 0.15) is 11.1 Å². The third-order valence-corrected chi connectivity index (χ3v) is 1.64. The molecule has 0 atom stereocenters. The van der Waals surface area contributed by atoms with Crippen molar-refractivity contribution in [1.29, 1.82) is 0 Å². The lowest BCUT2D eigenvalue weighted by molar-refractivity contribution is 0.185. The van der Waals surface area contributed by atoms with Crippen molar-refractivity contribution >= 4 is 0 Å². The highest BCUT2D eigenvalue weighted by atomic mass is 19.1. The van der Waals surface area contributed by atoms with Crippen LogP contribution in [0.15, 0.2) is 18.2 Å². The largest absolute Gasteiger partial charge is 0.384 e. The van der Waals surface area contributed by atoms with E-state index in [1.165, 1.54) is 6.07 Å². The van der Waals surface area contributed by atoms with Gasteiger partial charge in [0.1, 0.15) is 12.4 Å². The van der Waals surface area contributed by atoms with E-state index < -0.39 is 0 Å². The maximum Gasteiger partial charge on any atom is 0.138 e. The highest BCUT2D eigenvalue weighted by Gasteiger charge is 2.00. The van der Waals surface area contributed by atoms with Gasteiger partial charge in [-0.15, -0.1) is 0 Å². The summed E-state index contributed by atoms with van der Waals surface area (Å²) >= 11 is 0. The van der Waals surface area contributed by atoms with Crippen LogP contribution in [0.3, 0.4) is 0 Å². The van der Waals surface area contributed by atoms with Crippen LogP contribution in [-0.4, -0.2) is 18.8 Å². The first kappa shape index (κ1) is 10.7. The zero-order valence-electron chi connectivity index (χ0n) is 7.88. The lowest BCUT2D eigenvalue weighted by Gasteiger charge is -2.00. The van der Waals surface area contributed by atoms with Crippen molar-refractivity contribution < 1.29 is 14.2 Å². The molecular weight excluding hydrogens is 183 g/mol. The average Bonchev–Trinajstić information content (AvgIpc) is 2.19. The molecular formula is C11H11FO2. The van der Waals surface area contributed by atoms with Gasteiger partial charge in [-0.3, -0.25) is 0 Å². The van der Waals surface area contributed by atoms with Crippen molar-refractivity contribution in [2.45, 2.75) is 6.61 Å². The van der Waals surface area contributed by atoms with Crippen LogP contribution in [0.25, 0.3) is 0 Å². The van der Waals surface area contributed by atoms with E-state index >= 15 is 0 Å². The van der Waals surface area contributed by atoms with E-state index in [1.54, 1.807) is 19.2 Å². The molecule has 0 amide bonds. The van der Waals surface area contributed by atoms with Gasteiger partial charge in [-0.1, -0.05) is 17.9 Å². The number of hydrogen-bond acceptors (Lipinski definition) is 2. The Morgan fingerprint density at radius 3 is 2.93 bits per heavy atom. The second kappa shape index (κ2) is 5.38. The molecule has 1 aromatic carbocycles. The molecule has 0 fully saturated rings. The highest BCUT2D eigenvalue weighted by Crippen LogP contribution is 2.10. The van der Waals surface area contributed by atoms with E-state index in [-0.39, 0.29) is 18.0 Å². The zero-order valence-corrected chi connectivity index (χ0v) is 7.88. The summed E-state index contributed by atoms with van der Waals surface area (Å²) in [4.78, 5) is 0. The van der Waals surface area contributed by atoms with Crippen molar-refractivity contribution in [2.75, 3.05) is 13.7 Å². The molecule has 0 spiro atoms. The second-order valence-electron chi connectivity index (χ2n) is 2.71. The number of ether oxygens (including phenoxy) is 1. The topological polar surface area (TPSA) is 29.5 Å². The first-order chi connectivity index (χ1) is 6.77. The van der Waals surface area contributed by atoms with Crippen molar-refractivity contribution in [3.63, 3.8) is 0 Å². The third-order valence-electron chi connectivity index (χ3n) is 1.64. The summed E-state index contributed by atoms with van der Waals surface area (Å²) in [7, 11) is 1.57. The molecule has 0 aliphatic carbocycles. The second-order valence-corrected chi connectivity index (χ2v) is 2.71. The molecule has 0 radical (unpaired) electrons. The van der Waals surface area contributed by atoms with Crippen LogP contribution in [-0.2, 0) is 11.3 Å². The number of aliphatic hydroxyl groups is 1. The third kappa shape index (κ3) is 2.84. The Morgan fingerprint density at radius 1 is 1.50 bits per heavy atom. The van der Waals surface area contributed by atoms with E-state index in [2.05, 4.69) is 11.8 Å². The van der Waals surface area contributed by atoms with E-state index in [4.69, 9.17) is 9.84 Å². The fraction of sp³-hybridized carbons (Fsp3) is 0.273. The molecule has 3 heteroatoms. The number of benzene rings is 1. The van der Waals surface area contributed by atoms with Crippen molar-refractivity contribution in [2.24, 2.45) is 0 Å². The average molecular weight is 194 g/mol. The molecule has 0 saturated heterocycles. The Hall–Kier alpha value is -1.37. The van der Waals surface area contributed by atoms with E-state index in [0.717, 1.165) is 5.56 Å². The molecule has 0 aliphatic heterocycles. The van der Waals surface area contributed by atoms with Gasteiger partial charge >= 0.3 is 0 Å². The van der Waals surface area contributed by atoms with Crippen LogP contribution < -0.4 is 0 Å². The van der Waals surface area contributed by atoms with Gasteiger partial charge < -0.3 is 9.84 Å². The van der Waals surface area contributed by atoms with Crippen LogP contribution in [0, 0.1) is 17.7 Å². The Morgan fingerprint density at radius 2 is 2.29 bits per heavy atom. The molecule has 1 N–H and O–H groups in total. The molecule has 1 aromatic rings. The normalized spacial score (nSPS) is 9.36. The summed E-state index contributed by atoms with van der Waals surface area (Å²) in [5.41, 5.74) is 1.14. The highest BCUT2D eigenvalue weighted by molar-refractivity contribution is 5.38. The zero-order chi connectivity index (χ0) is 10.4. The first-order valence-electron chi connectivity index (χ1n) is 4.15. The number of halogens is 1. The summed E-state index contributed by atoms with van der Waals surface area (Å²) in [5, 5.41) is 8.47. The summed E-state index contributed by atoms with van der Waals surface area (Å²) in [6.45, 7) is 0.155. The van der Waals surface area contributed by atoms with E-state index in [1.807, 2.05) is 0 Å². The Balaban J connectivity index is 2.96. The molecule has 0 aliphatic rings. The van der Waals surface area contributed by atoms with Crippen molar-refractivity contribution in [1.82, 2.24) is 0 Å². The molecule has 14 heavy (non-hydrogen) atoms. The Labute approximate surface area is 82.3 Å². The molecule has 1 rings (SSSR count).